The van der Waals surface area contributed by atoms with Crippen molar-refractivity contribution in [2.45, 2.75) is 31.4 Å². The van der Waals surface area contributed by atoms with E-state index in [0.29, 0.717) is 27.8 Å². The molecule has 12 heteroatoms. The van der Waals surface area contributed by atoms with Crippen molar-refractivity contribution < 1.29 is 23.5 Å². The van der Waals surface area contributed by atoms with E-state index in [-0.39, 0.29) is 19.1 Å². The first kappa shape index (κ1) is 29.4. The highest BCUT2D eigenvalue weighted by Crippen LogP contribution is 2.41. The van der Waals surface area contributed by atoms with Crippen LogP contribution in [0.25, 0.3) is 0 Å². The third-order valence-electron chi connectivity index (χ3n) is 6.34. The highest BCUT2D eigenvalue weighted by molar-refractivity contribution is 8.15. The number of ether oxygens (including phenoxy) is 1. The van der Waals surface area contributed by atoms with E-state index in [0.717, 1.165) is 5.56 Å². The van der Waals surface area contributed by atoms with Gasteiger partial charge in [-0.1, -0.05) is 60.3 Å². The van der Waals surface area contributed by atoms with E-state index < -0.39 is 29.1 Å². The molecule has 218 valence electrons. The van der Waals surface area contributed by atoms with Crippen LogP contribution in [0.5, 0.6) is 0 Å². The van der Waals surface area contributed by atoms with Crippen molar-refractivity contribution in [3.8, 4) is 0 Å². The molecule has 1 fully saturated rings. The van der Waals surface area contributed by atoms with Crippen LogP contribution >= 0.6 is 11.8 Å². The number of aliphatic imine (C=N–C) groups is 1. The summed E-state index contributed by atoms with van der Waals surface area (Å²) in [4.78, 5) is 52.7. The smallest absolute Gasteiger partial charge is 0.408 e. The molecule has 0 spiro atoms. The van der Waals surface area contributed by atoms with Crippen molar-refractivity contribution in [3.05, 3.63) is 120 Å². The van der Waals surface area contributed by atoms with Crippen molar-refractivity contribution in [2.24, 2.45) is 4.99 Å². The number of thioether (sulfide) groups is 1. The fourth-order valence-electron chi connectivity index (χ4n) is 4.13. The summed E-state index contributed by atoms with van der Waals surface area (Å²) in [6, 6.07) is 21.0. The lowest BCUT2D eigenvalue weighted by molar-refractivity contribution is -0.126. The van der Waals surface area contributed by atoms with Crippen LogP contribution in [0, 0.1) is 5.82 Å². The first-order valence-corrected chi connectivity index (χ1v) is 14.2. The van der Waals surface area contributed by atoms with E-state index >= 15 is 0 Å². The summed E-state index contributed by atoms with van der Waals surface area (Å²) in [6.45, 7) is 1.79. The molecule has 0 saturated carbocycles. The molecule has 1 aliphatic heterocycles. The zero-order chi connectivity index (χ0) is 30.2. The molecule has 10 nitrogen and oxygen atoms in total. The molecule has 0 aliphatic carbocycles. The van der Waals surface area contributed by atoms with Crippen molar-refractivity contribution in [1.29, 1.82) is 0 Å². The molecule has 3 amide bonds. The van der Waals surface area contributed by atoms with Gasteiger partial charge in [0.1, 0.15) is 23.7 Å². The topological polar surface area (TPSA) is 126 Å². The molecule has 1 aromatic heterocycles. The molecule has 0 bridgehead atoms. The van der Waals surface area contributed by atoms with Crippen LogP contribution in [0.3, 0.4) is 0 Å². The minimum absolute atomic E-state index is 0.0885. The Labute approximate surface area is 251 Å². The molecule has 2 N–H and O–H groups in total. The van der Waals surface area contributed by atoms with Crippen LogP contribution in [0.15, 0.2) is 102 Å². The van der Waals surface area contributed by atoms with Crippen LogP contribution in [0.4, 0.5) is 20.6 Å². The Kier molecular flexibility index (Phi) is 9.37. The molecule has 1 aliphatic rings. The van der Waals surface area contributed by atoms with E-state index in [1.54, 1.807) is 61.9 Å². The summed E-state index contributed by atoms with van der Waals surface area (Å²) >= 11 is 1.24. The van der Waals surface area contributed by atoms with Crippen molar-refractivity contribution in [1.82, 2.24) is 20.2 Å². The van der Waals surface area contributed by atoms with Gasteiger partial charge in [0.15, 0.2) is 5.17 Å². The number of rotatable bonds is 9. The largest absolute Gasteiger partial charge is 0.445 e. The van der Waals surface area contributed by atoms with Crippen molar-refractivity contribution in [3.63, 3.8) is 0 Å². The first-order valence-electron chi connectivity index (χ1n) is 13.3. The maximum atomic E-state index is 13.8. The van der Waals surface area contributed by atoms with E-state index in [9.17, 15) is 18.8 Å². The van der Waals surface area contributed by atoms with Gasteiger partial charge < -0.3 is 15.4 Å². The molecule has 2 heterocycles. The number of amides is 3. The van der Waals surface area contributed by atoms with Gasteiger partial charge in [0.25, 0.3) is 0 Å². The van der Waals surface area contributed by atoms with Gasteiger partial charge in [0.2, 0.25) is 11.8 Å². The second kappa shape index (κ2) is 13.7. The summed E-state index contributed by atoms with van der Waals surface area (Å²) in [5.74, 6) is -1.08. The van der Waals surface area contributed by atoms with Crippen molar-refractivity contribution in [2.75, 3.05) is 5.32 Å². The number of nitrogens with zero attached hydrogens (tertiary/aromatic N) is 4. The van der Waals surface area contributed by atoms with Gasteiger partial charge >= 0.3 is 6.09 Å². The van der Waals surface area contributed by atoms with Gasteiger partial charge in [-0.25, -0.2) is 14.2 Å². The zero-order valence-electron chi connectivity index (χ0n) is 23.0. The van der Waals surface area contributed by atoms with Crippen LogP contribution in [0.2, 0.25) is 0 Å². The number of alkyl carbamates (subject to hydrolysis) is 1. The standard InChI is InChI=1S/C31H27FN6O4S/c1-20(35-31(41)42-19-21-6-3-2-4-7-21)28(39)36-24-12-10-22(11-13-24)27-29(40)38(18-26-17-33-14-15-34-26)30(43-27)37-25-9-5-8-23(32)16-25/h2-17,20,27H,18-19H2,1H3,(H,35,41)(H,36,39)/t20-,27?/m1/s1. The number of benzene rings is 3. The third-order valence-corrected chi connectivity index (χ3v) is 7.57. The number of carbonyl (C=O) groups excluding carboxylic acids is 3. The first-order chi connectivity index (χ1) is 20.9. The predicted molar refractivity (Wildman–Crippen MR) is 161 cm³/mol. The van der Waals surface area contributed by atoms with Crippen LogP contribution in [-0.4, -0.2) is 44.0 Å². The molecular weight excluding hydrogens is 571 g/mol. The minimum Gasteiger partial charge on any atom is -0.445 e. The molecule has 1 unspecified atom stereocenters. The van der Waals surface area contributed by atoms with Crippen molar-refractivity contribution >= 4 is 46.2 Å². The highest BCUT2D eigenvalue weighted by Gasteiger charge is 2.39. The molecular formula is C31H27FN6O4S. The lowest BCUT2D eigenvalue weighted by atomic mass is 10.1. The fourth-order valence-corrected chi connectivity index (χ4v) is 5.30. The van der Waals surface area contributed by atoms with Crippen LogP contribution in [-0.2, 0) is 27.5 Å². The number of halogens is 1. The zero-order valence-corrected chi connectivity index (χ0v) is 23.8. The average Bonchev–Trinajstić information content (AvgIpc) is 3.31. The van der Waals surface area contributed by atoms with E-state index in [1.807, 2.05) is 30.3 Å². The normalized spacial score (nSPS) is 16.1. The second-order valence-corrected chi connectivity index (χ2v) is 10.6. The second-order valence-electron chi connectivity index (χ2n) is 9.53. The Bertz CT molecular complexity index is 1620. The molecule has 2 atom stereocenters. The van der Waals surface area contributed by atoms with Crippen LogP contribution < -0.4 is 10.6 Å². The highest BCUT2D eigenvalue weighted by atomic mass is 32.2. The SMILES string of the molecule is C[C@@H](NC(=O)OCc1ccccc1)C(=O)Nc1ccc(C2SC(=Nc3cccc(F)c3)N(Cc3cnccn3)C2=O)cc1. The Hall–Kier alpha value is -5.10. The van der Waals surface area contributed by atoms with Gasteiger partial charge in [-0.05, 0) is 48.4 Å². The lowest BCUT2D eigenvalue weighted by Gasteiger charge is -2.16. The molecule has 1 saturated heterocycles. The molecule has 5 rings (SSSR count). The summed E-state index contributed by atoms with van der Waals surface area (Å²) in [5.41, 5.74) is 2.97. The predicted octanol–water partition coefficient (Wildman–Crippen LogP) is 5.37. The average molecular weight is 599 g/mol. The van der Waals surface area contributed by atoms with Crippen LogP contribution in [0.1, 0.15) is 29.0 Å². The van der Waals surface area contributed by atoms with E-state index in [2.05, 4.69) is 25.6 Å². The third kappa shape index (κ3) is 7.80. The maximum absolute atomic E-state index is 13.8. The molecule has 4 aromatic rings. The Balaban J connectivity index is 1.23. The molecule has 3 aromatic carbocycles. The summed E-state index contributed by atoms with van der Waals surface area (Å²) in [6.07, 6.45) is 3.95. The number of carbonyl (C=O) groups is 3. The minimum atomic E-state index is -0.855. The van der Waals surface area contributed by atoms with Gasteiger partial charge in [0.05, 0.1) is 24.1 Å². The molecule has 43 heavy (non-hydrogen) atoms. The van der Waals surface area contributed by atoms with E-state index in [1.165, 1.54) is 28.8 Å². The summed E-state index contributed by atoms with van der Waals surface area (Å²) < 4.78 is 19.0. The maximum Gasteiger partial charge on any atom is 0.408 e. The number of hydrogen-bond acceptors (Lipinski definition) is 8. The number of aromatic nitrogens is 2. The number of nitrogens with one attached hydrogen (secondary N) is 2. The summed E-state index contributed by atoms with van der Waals surface area (Å²) in [7, 11) is 0. The quantitative estimate of drug-likeness (QED) is 0.265. The van der Waals surface area contributed by atoms with Gasteiger partial charge in [0, 0.05) is 18.1 Å². The van der Waals surface area contributed by atoms with Gasteiger partial charge in [-0.15, -0.1) is 0 Å². The fraction of sp³-hybridized carbons (Fsp3) is 0.161. The summed E-state index contributed by atoms with van der Waals surface area (Å²) in [5, 5.41) is 5.05. The Morgan fingerprint density at radius 3 is 2.58 bits per heavy atom. The van der Waals surface area contributed by atoms with Gasteiger partial charge in [-0.2, -0.15) is 0 Å². The number of hydrogen-bond donors (Lipinski definition) is 2. The van der Waals surface area contributed by atoms with Gasteiger partial charge in [-0.3, -0.25) is 24.5 Å². The Morgan fingerprint density at radius 2 is 1.86 bits per heavy atom. The number of anilines is 1. The number of amidine groups is 1. The van der Waals surface area contributed by atoms with E-state index in [4.69, 9.17) is 4.74 Å². The monoisotopic (exact) mass is 598 g/mol. The Morgan fingerprint density at radius 1 is 1.07 bits per heavy atom. The lowest BCUT2D eigenvalue weighted by Crippen LogP contribution is -2.41. The molecule has 0 radical (unpaired) electrons.